The summed E-state index contributed by atoms with van der Waals surface area (Å²) in [5.74, 6) is 0.0205. The van der Waals surface area contributed by atoms with Crippen LogP contribution in [0.4, 0.5) is 0 Å². The van der Waals surface area contributed by atoms with Gasteiger partial charge in [-0.25, -0.2) is 0 Å². The molecule has 7 nitrogen and oxygen atoms in total. The zero-order valence-corrected chi connectivity index (χ0v) is 23.2. The molecule has 6 rings (SSSR count). The molecule has 0 spiro atoms. The van der Waals surface area contributed by atoms with Crippen molar-refractivity contribution in [2.45, 2.75) is 19.3 Å². The number of fused-ring (bicyclic) bond motifs is 3. The van der Waals surface area contributed by atoms with Crippen LogP contribution >= 0.6 is 0 Å². The number of carbonyl (C=O) groups excluding carboxylic acids is 1. The number of aromatic hydroxyl groups is 1. The monoisotopic (exact) mass is 545 g/mol. The van der Waals surface area contributed by atoms with E-state index in [0.717, 1.165) is 44.2 Å². The molecule has 0 saturated heterocycles. The number of amides is 1. The number of aromatic amines is 1. The minimum atomic E-state index is -0.607. The second kappa shape index (κ2) is 10.5. The van der Waals surface area contributed by atoms with Crippen LogP contribution in [0.15, 0.2) is 89.7 Å². The number of para-hydroxylation sites is 2. The number of methoxy groups -OCH3 is 1. The highest BCUT2D eigenvalue weighted by atomic mass is 16.5. The molecule has 1 amide bonds. The third-order valence-corrected chi connectivity index (χ3v) is 7.89. The summed E-state index contributed by atoms with van der Waals surface area (Å²) >= 11 is 0. The summed E-state index contributed by atoms with van der Waals surface area (Å²) in [6.07, 6.45) is 0.550. The van der Waals surface area contributed by atoms with Crippen molar-refractivity contribution in [2.24, 2.45) is 7.05 Å². The number of ether oxygens (including phenoxy) is 1. The summed E-state index contributed by atoms with van der Waals surface area (Å²) in [5, 5.41) is 18.3. The fourth-order valence-corrected chi connectivity index (χ4v) is 5.89. The van der Waals surface area contributed by atoms with Gasteiger partial charge in [-0.2, -0.15) is 0 Å². The minimum Gasteiger partial charge on any atom is -0.507 e. The van der Waals surface area contributed by atoms with Gasteiger partial charge in [0, 0.05) is 42.5 Å². The van der Waals surface area contributed by atoms with E-state index in [4.69, 9.17) is 4.74 Å². The predicted molar refractivity (Wildman–Crippen MR) is 163 cm³/mol. The molecule has 2 heterocycles. The van der Waals surface area contributed by atoms with Gasteiger partial charge in [-0.1, -0.05) is 54.6 Å². The molecule has 4 aromatic carbocycles. The first-order chi connectivity index (χ1) is 19.9. The molecule has 1 atom stereocenters. The van der Waals surface area contributed by atoms with E-state index in [1.54, 1.807) is 18.7 Å². The van der Waals surface area contributed by atoms with Crippen LogP contribution in [0.3, 0.4) is 0 Å². The second-order valence-corrected chi connectivity index (χ2v) is 10.3. The van der Waals surface area contributed by atoms with Crippen LogP contribution < -0.4 is 15.6 Å². The topological polar surface area (TPSA) is 96.3 Å². The number of aromatic nitrogens is 2. The molecule has 3 N–H and O–H groups in total. The molecular formula is C34H31N3O4. The van der Waals surface area contributed by atoms with Gasteiger partial charge in [0.05, 0.1) is 24.1 Å². The number of carbonyl (C=O) groups is 1. The van der Waals surface area contributed by atoms with Crippen molar-refractivity contribution >= 4 is 38.5 Å². The Labute approximate surface area is 237 Å². The van der Waals surface area contributed by atoms with E-state index >= 15 is 0 Å². The Bertz CT molecular complexity index is 2000. The zero-order valence-electron chi connectivity index (χ0n) is 23.2. The lowest BCUT2D eigenvalue weighted by molar-refractivity contribution is -0.118. The lowest BCUT2D eigenvalue weighted by Crippen LogP contribution is -2.26. The fourth-order valence-electron chi connectivity index (χ4n) is 5.89. The highest BCUT2D eigenvalue weighted by Crippen LogP contribution is 2.41. The van der Waals surface area contributed by atoms with Crippen LogP contribution in [-0.4, -0.2) is 34.2 Å². The van der Waals surface area contributed by atoms with Crippen molar-refractivity contribution in [3.05, 3.63) is 118 Å². The summed E-state index contributed by atoms with van der Waals surface area (Å²) in [6, 6.07) is 27.3. The van der Waals surface area contributed by atoms with Crippen LogP contribution in [-0.2, 0) is 18.3 Å². The lowest BCUT2D eigenvalue weighted by Gasteiger charge is -2.22. The molecule has 1 unspecified atom stereocenters. The first kappa shape index (κ1) is 26.2. The van der Waals surface area contributed by atoms with Gasteiger partial charge in [0.2, 0.25) is 5.91 Å². The molecule has 41 heavy (non-hydrogen) atoms. The van der Waals surface area contributed by atoms with Crippen LogP contribution in [0.1, 0.15) is 35.2 Å². The fraction of sp³-hybridized carbons (Fsp3) is 0.176. The number of aryl methyl sites for hydroxylation is 1. The third kappa shape index (κ3) is 4.59. The van der Waals surface area contributed by atoms with E-state index in [2.05, 4.69) is 16.4 Å². The van der Waals surface area contributed by atoms with E-state index in [1.165, 1.54) is 6.92 Å². The van der Waals surface area contributed by atoms with Crippen molar-refractivity contribution in [3.63, 3.8) is 0 Å². The Morgan fingerprint density at radius 2 is 1.68 bits per heavy atom. The average molecular weight is 546 g/mol. The number of H-pyrrole nitrogens is 1. The van der Waals surface area contributed by atoms with Crippen molar-refractivity contribution in [2.75, 3.05) is 13.7 Å². The van der Waals surface area contributed by atoms with Crippen molar-refractivity contribution in [1.29, 1.82) is 0 Å². The molecule has 2 aromatic heterocycles. The second-order valence-electron chi connectivity index (χ2n) is 10.3. The molecule has 0 aliphatic rings. The third-order valence-electron chi connectivity index (χ3n) is 7.89. The average Bonchev–Trinajstić information content (AvgIpc) is 3.35. The number of hydrogen-bond acceptors (Lipinski definition) is 4. The highest BCUT2D eigenvalue weighted by molar-refractivity contribution is 5.90. The number of pyridine rings is 1. The van der Waals surface area contributed by atoms with E-state index in [9.17, 15) is 14.7 Å². The molecule has 6 aromatic rings. The van der Waals surface area contributed by atoms with Gasteiger partial charge in [-0.05, 0) is 58.7 Å². The molecule has 7 heteroatoms. The number of nitrogens with one attached hydrogen (secondary N) is 2. The molecular weight excluding hydrogens is 514 g/mol. The maximum absolute atomic E-state index is 14.1. The van der Waals surface area contributed by atoms with Crippen molar-refractivity contribution in [1.82, 2.24) is 14.9 Å². The Balaban J connectivity index is 1.66. The summed E-state index contributed by atoms with van der Waals surface area (Å²) in [4.78, 5) is 29.4. The molecule has 0 radical (unpaired) electrons. The summed E-state index contributed by atoms with van der Waals surface area (Å²) in [5.41, 5.74) is 4.27. The SMILES string of the molecule is COc1ccc2cc(C(c3[nH]c4ccccc4c3CCNC(C)=O)c3c(O)c4ccccc4n(C)c3=O)ccc2c1. The first-order valence-corrected chi connectivity index (χ1v) is 13.6. The van der Waals surface area contributed by atoms with Gasteiger partial charge in [-0.3, -0.25) is 9.59 Å². The van der Waals surface area contributed by atoms with Crippen LogP contribution in [0.5, 0.6) is 11.5 Å². The van der Waals surface area contributed by atoms with Crippen LogP contribution in [0.25, 0.3) is 32.6 Å². The number of rotatable bonds is 7. The Morgan fingerprint density at radius 3 is 2.46 bits per heavy atom. The Morgan fingerprint density at radius 1 is 0.976 bits per heavy atom. The maximum atomic E-state index is 14.1. The van der Waals surface area contributed by atoms with Crippen LogP contribution in [0.2, 0.25) is 0 Å². The quantitative estimate of drug-likeness (QED) is 0.238. The highest BCUT2D eigenvalue weighted by Gasteiger charge is 2.30. The largest absolute Gasteiger partial charge is 0.507 e. The molecule has 0 fully saturated rings. The molecule has 0 bridgehead atoms. The summed E-state index contributed by atoms with van der Waals surface area (Å²) < 4.78 is 7.02. The Kier molecular flexibility index (Phi) is 6.71. The van der Waals surface area contributed by atoms with E-state index in [-0.39, 0.29) is 17.2 Å². The molecule has 0 aliphatic carbocycles. The summed E-state index contributed by atoms with van der Waals surface area (Å²) in [7, 11) is 3.38. The minimum absolute atomic E-state index is 0.0324. The van der Waals surface area contributed by atoms with Gasteiger partial charge < -0.3 is 24.7 Å². The van der Waals surface area contributed by atoms with Crippen molar-refractivity contribution in [3.8, 4) is 11.5 Å². The smallest absolute Gasteiger partial charge is 0.258 e. The molecule has 0 aliphatic heterocycles. The van der Waals surface area contributed by atoms with Crippen molar-refractivity contribution < 1.29 is 14.6 Å². The standard InChI is InChI=1S/C34H31N3O4/c1-20(38)35-17-16-26-25-8-4-6-10-28(25)36-32(26)30(23-13-12-22-19-24(41-3)15-14-21(22)18-23)31-33(39)27-9-5-7-11-29(27)37(2)34(31)40/h4-15,18-19,30,36,39H,16-17H2,1-3H3,(H,35,38). The zero-order chi connectivity index (χ0) is 28.7. The van der Waals surface area contributed by atoms with E-state index in [1.807, 2.05) is 78.9 Å². The van der Waals surface area contributed by atoms with Gasteiger partial charge in [0.1, 0.15) is 11.5 Å². The van der Waals surface area contributed by atoms with Crippen LogP contribution in [0, 0.1) is 0 Å². The predicted octanol–water partition coefficient (Wildman–Crippen LogP) is 5.75. The number of hydrogen-bond donors (Lipinski definition) is 3. The molecule has 206 valence electrons. The number of benzene rings is 4. The first-order valence-electron chi connectivity index (χ1n) is 13.6. The van der Waals surface area contributed by atoms with E-state index < -0.39 is 5.92 Å². The number of nitrogens with zero attached hydrogens (tertiary/aromatic N) is 1. The maximum Gasteiger partial charge on any atom is 0.258 e. The normalized spacial score (nSPS) is 12.2. The van der Waals surface area contributed by atoms with Gasteiger partial charge >= 0.3 is 0 Å². The van der Waals surface area contributed by atoms with Gasteiger partial charge in [0.25, 0.3) is 5.56 Å². The van der Waals surface area contributed by atoms with E-state index in [0.29, 0.717) is 29.4 Å². The van der Waals surface area contributed by atoms with Gasteiger partial charge in [-0.15, -0.1) is 0 Å². The summed E-state index contributed by atoms with van der Waals surface area (Å²) in [6.45, 7) is 1.94. The molecule has 0 saturated carbocycles. The lowest BCUT2D eigenvalue weighted by atomic mass is 9.84. The Hall–Kier alpha value is -5.04. The van der Waals surface area contributed by atoms with Gasteiger partial charge in [0.15, 0.2) is 0 Å².